The molecule has 1 saturated carbocycles. The van der Waals surface area contributed by atoms with Crippen LogP contribution in [-0.2, 0) is 24.3 Å². The van der Waals surface area contributed by atoms with Gasteiger partial charge in [-0.2, -0.15) is 5.10 Å². The second-order valence-corrected chi connectivity index (χ2v) is 10.2. The molecule has 6 rings (SSSR count). The van der Waals surface area contributed by atoms with Crippen molar-refractivity contribution >= 4 is 5.91 Å². The summed E-state index contributed by atoms with van der Waals surface area (Å²) in [6.07, 6.45) is 2.13. The maximum Gasteiger partial charge on any atom is 0.250 e. The normalized spacial score (nSPS) is 30.5. The molecule has 4 atom stereocenters. The number of likely N-dealkylation sites (tertiary alicyclic amines) is 1. The highest BCUT2D eigenvalue weighted by Gasteiger charge is 2.63. The number of piperidine rings is 1. The molecule has 152 valence electrons. The van der Waals surface area contributed by atoms with Crippen molar-refractivity contribution < 1.29 is 4.79 Å². The van der Waals surface area contributed by atoms with E-state index in [0.717, 1.165) is 43.2 Å². The van der Waals surface area contributed by atoms with Gasteiger partial charge in [-0.1, -0.05) is 19.9 Å². The molecule has 4 heterocycles. The van der Waals surface area contributed by atoms with Crippen molar-refractivity contribution in [2.45, 2.75) is 58.5 Å². The molecule has 2 aromatic rings. The molecule has 0 N–H and O–H groups in total. The van der Waals surface area contributed by atoms with Gasteiger partial charge in [-0.15, -0.1) is 0 Å². The van der Waals surface area contributed by atoms with E-state index in [2.05, 4.69) is 20.8 Å². The van der Waals surface area contributed by atoms with Gasteiger partial charge >= 0.3 is 0 Å². The van der Waals surface area contributed by atoms with Crippen LogP contribution in [0, 0.1) is 24.2 Å². The Morgan fingerprint density at radius 2 is 2.07 bits per heavy atom. The third-order valence-corrected chi connectivity index (χ3v) is 8.18. The first kappa shape index (κ1) is 17.5. The minimum Gasteiger partial charge on any atom is -0.340 e. The van der Waals surface area contributed by atoms with Crippen molar-refractivity contribution in [1.29, 1.82) is 0 Å². The van der Waals surface area contributed by atoms with E-state index >= 15 is 0 Å². The first-order chi connectivity index (χ1) is 13.8. The fourth-order valence-electron chi connectivity index (χ4n) is 6.63. The lowest BCUT2D eigenvalue weighted by atomic mass is 9.83. The minimum absolute atomic E-state index is 0.0843. The predicted molar refractivity (Wildman–Crippen MR) is 109 cm³/mol. The number of fused-ring (bicyclic) bond motifs is 7. The summed E-state index contributed by atoms with van der Waals surface area (Å²) in [5, 5.41) is 4.75. The van der Waals surface area contributed by atoms with E-state index in [1.165, 1.54) is 11.3 Å². The van der Waals surface area contributed by atoms with Crippen LogP contribution in [0.5, 0.6) is 0 Å². The van der Waals surface area contributed by atoms with Crippen molar-refractivity contribution in [3.63, 3.8) is 0 Å². The molecule has 0 radical (unpaired) electrons. The number of hydrogen-bond acceptors (Lipinski definition) is 3. The Morgan fingerprint density at radius 3 is 2.90 bits per heavy atom. The van der Waals surface area contributed by atoms with Gasteiger partial charge in [0.15, 0.2) is 0 Å². The maximum absolute atomic E-state index is 13.2. The zero-order valence-electron chi connectivity index (χ0n) is 17.4. The summed E-state index contributed by atoms with van der Waals surface area (Å²) in [5.74, 6) is 2.14. The number of rotatable bonds is 2. The number of carbonyl (C=O) groups is 1. The second kappa shape index (κ2) is 5.61. The Labute approximate surface area is 170 Å². The largest absolute Gasteiger partial charge is 0.340 e. The molecular weight excluding hydrogens is 364 g/mol. The van der Waals surface area contributed by atoms with Crippen LogP contribution in [0.1, 0.15) is 54.7 Å². The molecular formula is C23H28N4O2. The number of pyridine rings is 1. The van der Waals surface area contributed by atoms with Gasteiger partial charge < -0.3 is 9.47 Å². The molecule has 29 heavy (non-hydrogen) atoms. The summed E-state index contributed by atoms with van der Waals surface area (Å²) in [4.78, 5) is 27.4. The lowest BCUT2D eigenvalue weighted by Crippen LogP contribution is -2.49. The molecule has 0 spiro atoms. The van der Waals surface area contributed by atoms with Crippen molar-refractivity contribution in [3.8, 4) is 0 Å². The molecule has 2 fully saturated rings. The molecule has 1 saturated heterocycles. The van der Waals surface area contributed by atoms with Crippen LogP contribution in [0.15, 0.2) is 23.0 Å². The number of aryl methyl sites for hydroxylation is 1. The summed E-state index contributed by atoms with van der Waals surface area (Å²) in [7, 11) is 0. The van der Waals surface area contributed by atoms with Crippen LogP contribution in [0.2, 0.25) is 0 Å². The van der Waals surface area contributed by atoms with Gasteiger partial charge in [0.25, 0.3) is 5.56 Å². The molecule has 2 aliphatic heterocycles. The number of carbonyl (C=O) groups excluding carboxylic acids is 1. The Balaban J connectivity index is 1.23. The third-order valence-electron chi connectivity index (χ3n) is 8.18. The van der Waals surface area contributed by atoms with E-state index in [0.29, 0.717) is 30.3 Å². The summed E-state index contributed by atoms with van der Waals surface area (Å²) in [6.45, 7) is 9.32. The van der Waals surface area contributed by atoms with Gasteiger partial charge in [-0.3, -0.25) is 14.3 Å². The molecule has 0 aromatic carbocycles. The van der Waals surface area contributed by atoms with Crippen LogP contribution < -0.4 is 5.56 Å². The van der Waals surface area contributed by atoms with Crippen molar-refractivity contribution in [2.75, 3.05) is 13.1 Å². The Bertz CT molecular complexity index is 1090. The Hall–Kier alpha value is -2.37. The average Bonchev–Trinajstić information content (AvgIpc) is 3.00. The van der Waals surface area contributed by atoms with Crippen molar-refractivity contribution in [2.24, 2.45) is 17.3 Å². The summed E-state index contributed by atoms with van der Waals surface area (Å²) >= 11 is 0. The third kappa shape index (κ3) is 2.37. The monoisotopic (exact) mass is 392 g/mol. The van der Waals surface area contributed by atoms with Crippen molar-refractivity contribution in [1.82, 2.24) is 19.2 Å². The summed E-state index contributed by atoms with van der Waals surface area (Å²) < 4.78 is 3.90. The highest BCUT2D eigenvalue weighted by atomic mass is 16.2. The fourth-order valence-corrected chi connectivity index (χ4v) is 6.63. The zero-order chi connectivity index (χ0) is 20.1. The number of hydrogen-bond donors (Lipinski definition) is 0. The smallest absolute Gasteiger partial charge is 0.250 e. The van der Waals surface area contributed by atoms with Crippen LogP contribution >= 0.6 is 0 Å². The summed E-state index contributed by atoms with van der Waals surface area (Å²) in [6, 6.07) is 5.53. The number of nitrogens with zero attached hydrogens (tertiary/aromatic N) is 4. The van der Waals surface area contributed by atoms with Crippen LogP contribution in [0.3, 0.4) is 0 Å². The van der Waals surface area contributed by atoms with Gasteiger partial charge in [0.05, 0.1) is 5.69 Å². The predicted octanol–water partition coefficient (Wildman–Crippen LogP) is 2.29. The molecule has 2 aromatic heterocycles. The highest BCUT2D eigenvalue weighted by Crippen LogP contribution is 2.70. The van der Waals surface area contributed by atoms with Crippen LogP contribution in [-0.4, -0.2) is 38.2 Å². The lowest BCUT2D eigenvalue weighted by molar-refractivity contribution is -0.134. The molecule has 6 heteroatoms. The van der Waals surface area contributed by atoms with Crippen LogP contribution in [0.4, 0.5) is 0 Å². The summed E-state index contributed by atoms with van der Waals surface area (Å²) in [5.41, 5.74) is 5.38. The van der Waals surface area contributed by atoms with E-state index in [-0.39, 0.29) is 17.4 Å². The maximum atomic E-state index is 13.2. The molecule has 2 aliphatic carbocycles. The number of amides is 1. The van der Waals surface area contributed by atoms with E-state index < -0.39 is 0 Å². The minimum atomic E-state index is 0.0843. The van der Waals surface area contributed by atoms with E-state index in [4.69, 9.17) is 5.10 Å². The SMILES string of the molecule is Cc1nn(CC(=O)N2C[C@@H]3C[C@@H](C2)c2cccc(=O)n2C3)c2c1[C@H]1[C@@H](C2)C1(C)C. The Kier molecular flexibility index (Phi) is 3.38. The molecule has 4 aliphatic rings. The number of aromatic nitrogens is 3. The lowest BCUT2D eigenvalue weighted by Gasteiger charge is -2.42. The van der Waals surface area contributed by atoms with Gasteiger partial charge in [-0.05, 0) is 49.0 Å². The van der Waals surface area contributed by atoms with Crippen LogP contribution in [0.25, 0.3) is 0 Å². The average molecular weight is 393 g/mol. The van der Waals surface area contributed by atoms with E-state index in [1.54, 1.807) is 6.07 Å². The standard InChI is InChI=1S/C23H28N4O2/c1-13-21-18(8-16-22(21)23(16,2)3)27(24-13)12-20(29)25-9-14-7-15(11-25)17-5-4-6-19(28)26(17)10-14/h4-6,14-16,22H,7-12H2,1-3H3/t14-,15-,16+,22+/m0/s1. The highest BCUT2D eigenvalue weighted by molar-refractivity contribution is 5.76. The van der Waals surface area contributed by atoms with E-state index in [1.807, 2.05) is 26.3 Å². The quantitative estimate of drug-likeness (QED) is 0.788. The van der Waals surface area contributed by atoms with Gasteiger partial charge in [0, 0.05) is 48.6 Å². The van der Waals surface area contributed by atoms with Gasteiger partial charge in [0.2, 0.25) is 5.91 Å². The topological polar surface area (TPSA) is 60.1 Å². The Morgan fingerprint density at radius 1 is 1.24 bits per heavy atom. The molecule has 1 amide bonds. The molecule has 2 bridgehead atoms. The fraction of sp³-hybridized carbons (Fsp3) is 0.609. The van der Waals surface area contributed by atoms with E-state index in [9.17, 15) is 9.59 Å². The molecule has 0 unspecified atom stereocenters. The van der Waals surface area contributed by atoms with Gasteiger partial charge in [0.1, 0.15) is 6.54 Å². The first-order valence-corrected chi connectivity index (χ1v) is 10.9. The second-order valence-electron chi connectivity index (χ2n) is 10.2. The zero-order valence-corrected chi connectivity index (χ0v) is 17.4. The van der Waals surface area contributed by atoms with Crippen molar-refractivity contribution in [3.05, 3.63) is 51.2 Å². The molecule has 6 nitrogen and oxygen atoms in total. The van der Waals surface area contributed by atoms with Gasteiger partial charge in [-0.25, -0.2) is 0 Å². The first-order valence-electron chi connectivity index (χ1n) is 10.9.